The molecule has 24 heavy (non-hydrogen) atoms. The summed E-state index contributed by atoms with van der Waals surface area (Å²) in [4.78, 5) is 29.8. The number of hydrogen-bond acceptors (Lipinski definition) is 5. The molecule has 2 N–H and O–H groups in total. The molecule has 1 aliphatic rings. The molecule has 2 unspecified atom stereocenters. The van der Waals surface area contributed by atoms with Gasteiger partial charge in [0.2, 0.25) is 11.8 Å². The third-order valence-electron chi connectivity index (χ3n) is 3.60. The Kier molecular flexibility index (Phi) is 6.36. The molecule has 1 aromatic heterocycles. The second-order valence-corrected chi connectivity index (χ2v) is 5.78. The highest BCUT2D eigenvalue weighted by atomic mass is 16.5. The van der Waals surface area contributed by atoms with Crippen LogP contribution in [0.1, 0.15) is 20.3 Å². The molecule has 2 rings (SSSR count). The van der Waals surface area contributed by atoms with Crippen molar-refractivity contribution < 1.29 is 19.1 Å². The third kappa shape index (κ3) is 5.38. The van der Waals surface area contributed by atoms with Crippen LogP contribution in [0.15, 0.2) is 18.3 Å². The molecule has 3 amide bonds. The van der Waals surface area contributed by atoms with E-state index in [-0.39, 0.29) is 37.1 Å². The van der Waals surface area contributed by atoms with Gasteiger partial charge in [-0.3, -0.25) is 4.79 Å². The molecule has 1 aromatic rings. The van der Waals surface area contributed by atoms with Crippen molar-refractivity contribution in [1.82, 2.24) is 15.2 Å². The van der Waals surface area contributed by atoms with Gasteiger partial charge in [-0.15, -0.1) is 0 Å². The Morgan fingerprint density at radius 2 is 2.04 bits per heavy atom. The van der Waals surface area contributed by atoms with E-state index in [1.807, 2.05) is 13.8 Å². The molecule has 1 saturated heterocycles. The number of urea groups is 1. The average Bonchev–Trinajstić information content (AvgIpc) is 2.54. The minimum absolute atomic E-state index is 0.0171. The summed E-state index contributed by atoms with van der Waals surface area (Å²) >= 11 is 0. The number of carbonyl (C=O) groups is 2. The number of hydrogen-bond donors (Lipinski definition) is 2. The molecule has 132 valence electrons. The number of nitrogens with one attached hydrogen (secondary N) is 2. The van der Waals surface area contributed by atoms with Crippen LogP contribution in [0, 0.1) is 0 Å². The highest BCUT2D eigenvalue weighted by molar-refractivity contribution is 5.89. The molecule has 1 aliphatic heterocycles. The lowest BCUT2D eigenvalue weighted by Gasteiger charge is -2.35. The van der Waals surface area contributed by atoms with E-state index in [1.165, 1.54) is 13.3 Å². The number of morpholine rings is 1. The SMILES string of the molecule is COc1ccc(NC(=O)NCCC(=O)N2CC(C)OC(C)C2)cn1. The second kappa shape index (κ2) is 8.49. The van der Waals surface area contributed by atoms with Gasteiger partial charge in [-0.25, -0.2) is 9.78 Å². The monoisotopic (exact) mass is 336 g/mol. The lowest BCUT2D eigenvalue weighted by atomic mass is 10.2. The number of carbonyl (C=O) groups excluding carboxylic acids is 2. The van der Waals surface area contributed by atoms with Gasteiger partial charge in [0.25, 0.3) is 0 Å². The Morgan fingerprint density at radius 3 is 2.62 bits per heavy atom. The fraction of sp³-hybridized carbons (Fsp3) is 0.562. The van der Waals surface area contributed by atoms with Crippen LogP contribution in [0.2, 0.25) is 0 Å². The standard InChI is InChI=1S/C16H24N4O4/c1-11-9-20(10-12(2)24-11)15(21)6-7-17-16(22)19-13-4-5-14(23-3)18-8-13/h4-5,8,11-12H,6-7,9-10H2,1-3H3,(H2,17,19,22). The number of methoxy groups -OCH3 is 1. The van der Waals surface area contributed by atoms with Crippen LogP contribution in [0.4, 0.5) is 10.5 Å². The number of ether oxygens (including phenoxy) is 2. The maximum Gasteiger partial charge on any atom is 0.319 e. The summed E-state index contributed by atoms with van der Waals surface area (Å²) in [6.07, 6.45) is 1.83. The van der Waals surface area contributed by atoms with Gasteiger partial charge in [-0.1, -0.05) is 0 Å². The second-order valence-electron chi connectivity index (χ2n) is 5.78. The van der Waals surface area contributed by atoms with E-state index in [0.29, 0.717) is 24.7 Å². The van der Waals surface area contributed by atoms with E-state index in [0.717, 1.165) is 0 Å². The quantitative estimate of drug-likeness (QED) is 0.844. The Hall–Kier alpha value is -2.35. The van der Waals surface area contributed by atoms with E-state index in [1.54, 1.807) is 17.0 Å². The summed E-state index contributed by atoms with van der Waals surface area (Å²) in [5.41, 5.74) is 0.551. The number of rotatable bonds is 5. The third-order valence-corrected chi connectivity index (χ3v) is 3.60. The van der Waals surface area contributed by atoms with Crippen molar-refractivity contribution in [3.63, 3.8) is 0 Å². The van der Waals surface area contributed by atoms with Gasteiger partial charge in [0.15, 0.2) is 0 Å². The van der Waals surface area contributed by atoms with Gasteiger partial charge in [0.05, 0.1) is 31.2 Å². The van der Waals surface area contributed by atoms with E-state index in [4.69, 9.17) is 9.47 Å². The van der Waals surface area contributed by atoms with Crippen LogP contribution in [-0.4, -0.2) is 60.8 Å². The van der Waals surface area contributed by atoms with Gasteiger partial charge in [-0.05, 0) is 19.9 Å². The Morgan fingerprint density at radius 1 is 1.33 bits per heavy atom. The number of anilines is 1. The molecule has 0 bridgehead atoms. The maximum atomic E-state index is 12.2. The molecule has 8 nitrogen and oxygen atoms in total. The van der Waals surface area contributed by atoms with E-state index < -0.39 is 0 Å². The van der Waals surface area contributed by atoms with Crippen LogP contribution in [0.5, 0.6) is 5.88 Å². The molecule has 2 atom stereocenters. The normalized spacial score (nSPS) is 20.4. The Labute approximate surface area is 141 Å². The van der Waals surface area contributed by atoms with E-state index in [2.05, 4.69) is 15.6 Å². The first-order valence-electron chi connectivity index (χ1n) is 7.96. The summed E-state index contributed by atoms with van der Waals surface area (Å²) in [6.45, 7) is 5.35. The first-order chi connectivity index (χ1) is 11.5. The van der Waals surface area contributed by atoms with Crippen LogP contribution >= 0.6 is 0 Å². The van der Waals surface area contributed by atoms with Crippen molar-refractivity contribution >= 4 is 17.6 Å². The van der Waals surface area contributed by atoms with Crippen molar-refractivity contribution in [3.8, 4) is 5.88 Å². The molecule has 0 aromatic carbocycles. The minimum Gasteiger partial charge on any atom is -0.481 e. The highest BCUT2D eigenvalue weighted by Crippen LogP contribution is 2.12. The highest BCUT2D eigenvalue weighted by Gasteiger charge is 2.25. The first-order valence-corrected chi connectivity index (χ1v) is 7.96. The maximum absolute atomic E-state index is 12.2. The summed E-state index contributed by atoms with van der Waals surface area (Å²) in [6, 6.07) is 2.96. The largest absolute Gasteiger partial charge is 0.481 e. The molecule has 0 radical (unpaired) electrons. The van der Waals surface area contributed by atoms with Crippen molar-refractivity contribution in [2.75, 3.05) is 32.1 Å². The van der Waals surface area contributed by atoms with Crippen molar-refractivity contribution in [2.24, 2.45) is 0 Å². The first kappa shape index (κ1) is 18.0. The minimum atomic E-state index is -0.376. The summed E-state index contributed by atoms with van der Waals surface area (Å²) in [5.74, 6) is 0.490. The molecule has 2 heterocycles. The lowest BCUT2D eigenvalue weighted by molar-refractivity contribution is -0.143. The summed E-state index contributed by atoms with van der Waals surface area (Å²) in [5, 5.41) is 5.31. The molecule has 0 saturated carbocycles. The average molecular weight is 336 g/mol. The van der Waals surface area contributed by atoms with Crippen molar-refractivity contribution in [2.45, 2.75) is 32.5 Å². The van der Waals surface area contributed by atoms with E-state index >= 15 is 0 Å². The molecule has 8 heteroatoms. The number of aromatic nitrogens is 1. The smallest absolute Gasteiger partial charge is 0.319 e. The van der Waals surface area contributed by atoms with Gasteiger partial charge in [0.1, 0.15) is 0 Å². The molecular weight excluding hydrogens is 312 g/mol. The number of pyridine rings is 1. The van der Waals surface area contributed by atoms with Crippen LogP contribution in [-0.2, 0) is 9.53 Å². The molecule has 0 spiro atoms. The molecule has 1 fully saturated rings. The number of amides is 3. The topological polar surface area (TPSA) is 92.8 Å². The zero-order chi connectivity index (χ0) is 17.5. The Balaban J connectivity index is 1.70. The fourth-order valence-electron chi connectivity index (χ4n) is 2.57. The van der Waals surface area contributed by atoms with Crippen molar-refractivity contribution in [1.29, 1.82) is 0 Å². The van der Waals surface area contributed by atoms with Crippen LogP contribution in [0.3, 0.4) is 0 Å². The van der Waals surface area contributed by atoms with Crippen LogP contribution in [0.25, 0.3) is 0 Å². The Bertz CT molecular complexity index is 554. The zero-order valence-corrected chi connectivity index (χ0v) is 14.2. The fourth-order valence-corrected chi connectivity index (χ4v) is 2.57. The predicted octanol–water partition coefficient (Wildman–Crippen LogP) is 1.24. The predicted molar refractivity (Wildman–Crippen MR) is 89.0 cm³/mol. The van der Waals surface area contributed by atoms with E-state index in [9.17, 15) is 9.59 Å². The van der Waals surface area contributed by atoms with Gasteiger partial charge < -0.3 is 25.0 Å². The molecular formula is C16H24N4O4. The lowest BCUT2D eigenvalue weighted by Crippen LogP contribution is -2.48. The number of nitrogens with zero attached hydrogens (tertiary/aromatic N) is 2. The van der Waals surface area contributed by atoms with Gasteiger partial charge in [-0.2, -0.15) is 0 Å². The van der Waals surface area contributed by atoms with Gasteiger partial charge >= 0.3 is 6.03 Å². The summed E-state index contributed by atoms with van der Waals surface area (Å²) in [7, 11) is 1.52. The molecule has 0 aliphatic carbocycles. The van der Waals surface area contributed by atoms with Crippen molar-refractivity contribution in [3.05, 3.63) is 18.3 Å². The zero-order valence-electron chi connectivity index (χ0n) is 14.2. The van der Waals surface area contributed by atoms with Crippen LogP contribution < -0.4 is 15.4 Å². The van der Waals surface area contributed by atoms with Gasteiger partial charge in [0, 0.05) is 32.1 Å². The summed E-state index contributed by atoms with van der Waals surface area (Å²) < 4.78 is 10.6.